The first-order valence-corrected chi connectivity index (χ1v) is 11.6. The summed E-state index contributed by atoms with van der Waals surface area (Å²) in [6.45, 7) is 0.525. The Morgan fingerprint density at radius 2 is 1.39 bits per heavy atom. The lowest BCUT2D eigenvalue weighted by Crippen LogP contribution is -2.31. The monoisotopic (exact) mass is 432 g/mol. The summed E-state index contributed by atoms with van der Waals surface area (Å²) < 4.78 is 27.8. The van der Waals surface area contributed by atoms with Gasteiger partial charge in [-0.2, -0.15) is 0 Å². The Balaban J connectivity index is 1.34. The van der Waals surface area contributed by atoms with Crippen LogP contribution in [0.5, 0.6) is 0 Å². The molecule has 0 unspecified atom stereocenters. The van der Waals surface area contributed by atoms with Gasteiger partial charge in [0.15, 0.2) is 0 Å². The van der Waals surface area contributed by atoms with Crippen LogP contribution in [0, 0.1) is 0 Å². The Labute approximate surface area is 182 Å². The maximum absolute atomic E-state index is 12.6. The van der Waals surface area contributed by atoms with Gasteiger partial charge in [-0.05, 0) is 45.3 Å². The van der Waals surface area contributed by atoms with Crippen LogP contribution in [-0.2, 0) is 21.4 Å². The number of nitrogens with zero attached hydrogens (tertiary/aromatic N) is 1. The smallest absolute Gasteiger partial charge is 0.240 e. The number of amides is 1. The van der Waals surface area contributed by atoms with Crippen molar-refractivity contribution in [3.63, 3.8) is 0 Å². The van der Waals surface area contributed by atoms with Crippen molar-refractivity contribution < 1.29 is 13.2 Å². The molecule has 1 N–H and O–H groups in total. The number of sulfonamides is 1. The third-order valence-corrected chi connectivity index (χ3v) is 6.78. The molecule has 0 aromatic heterocycles. The van der Waals surface area contributed by atoms with Crippen molar-refractivity contribution in [2.45, 2.75) is 17.9 Å². The van der Waals surface area contributed by atoms with Gasteiger partial charge in [-0.25, -0.2) is 13.1 Å². The number of benzene rings is 4. The standard InChI is InChI=1S/C25H24N2O3S/c1-27(18-19-10-11-20-6-2-4-8-22(20)16-19)25(28)14-15-26-31(29,30)24-13-12-21-7-3-5-9-23(21)17-24/h2-13,16-17,26H,14-15,18H2,1H3. The van der Waals surface area contributed by atoms with Gasteiger partial charge in [0.25, 0.3) is 0 Å². The first-order valence-electron chi connectivity index (χ1n) is 10.1. The van der Waals surface area contributed by atoms with Crippen LogP contribution in [0.15, 0.2) is 89.8 Å². The van der Waals surface area contributed by atoms with Gasteiger partial charge in [0.2, 0.25) is 15.9 Å². The Morgan fingerprint density at radius 3 is 2.06 bits per heavy atom. The highest BCUT2D eigenvalue weighted by Gasteiger charge is 2.16. The molecule has 0 radical (unpaired) electrons. The summed E-state index contributed by atoms with van der Waals surface area (Å²) >= 11 is 0. The maximum atomic E-state index is 12.6. The summed E-state index contributed by atoms with van der Waals surface area (Å²) in [5.41, 5.74) is 1.03. The molecule has 0 aliphatic carbocycles. The zero-order chi connectivity index (χ0) is 21.8. The third kappa shape index (κ3) is 4.93. The molecule has 4 rings (SSSR count). The van der Waals surface area contributed by atoms with Crippen LogP contribution < -0.4 is 4.72 Å². The number of carbonyl (C=O) groups excluding carboxylic acids is 1. The summed E-state index contributed by atoms with van der Waals surface area (Å²) in [4.78, 5) is 14.3. The average Bonchev–Trinajstić information content (AvgIpc) is 2.78. The summed E-state index contributed by atoms with van der Waals surface area (Å²) in [6, 6.07) is 26.8. The number of hydrogen-bond acceptors (Lipinski definition) is 3. The number of carbonyl (C=O) groups is 1. The fourth-order valence-corrected chi connectivity index (χ4v) is 4.67. The van der Waals surface area contributed by atoms with E-state index in [4.69, 9.17) is 0 Å². The topological polar surface area (TPSA) is 66.5 Å². The van der Waals surface area contributed by atoms with Crippen molar-refractivity contribution in [3.8, 4) is 0 Å². The molecule has 0 saturated carbocycles. The van der Waals surface area contributed by atoms with Gasteiger partial charge < -0.3 is 4.90 Å². The maximum Gasteiger partial charge on any atom is 0.240 e. The fourth-order valence-electron chi connectivity index (χ4n) is 3.60. The van der Waals surface area contributed by atoms with E-state index in [1.165, 1.54) is 0 Å². The van der Waals surface area contributed by atoms with Crippen LogP contribution >= 0.6 is 0 Å². The zero-order valence-corrected chi connectivity index (χ0v) is 18.1. The molecule has 5 nitrogen and oxygen atoms in total. The third-order valence-electron chi connectivity index (χ3n) is 5.32. The van der Waals surface area contributed by atoms with Crippen LogP contribution in [0.1, 0.15) is 12.0 Å². The molecule has 4 aromatic rings. The molecule has 0 aliphatic rings. The van der Waals surface area contributed by atoms with Gasteiger partial charge in [-0.3, -0.25) is 4.79 Å². The highest BCUT2D eigenvalue weighted by atomic mass is 32.2. The number of rotatable bonds is 7. The molecule has 1 amide bonds. The second-order valence-electron chi connectivity index (χ2n) is 7.59. The molecule has 0 atom stereocenters. The molecule has 0 heterocycles. The minimum atomic E-state index is -3.68. The van der Waals surface area contributed by atoms with Crippen LogP contribution in [0.4, 0.5) is 0 Å². The van der Waals surface area contributed by atoms with Gasteiger partial charge in [-0.1, -0.05) is 66.7 Å². The lowest BCUT2D eigenvalue weighted by Gasteiger charge is -2.18. The SMILES string of the molecule is CN(Cc1ccc2ccccc2c1)C(=O)CCNS(=O)(=O)c1ccc2ccccc2c1. The van der Waals surface area contributed by atoms with E-state index in [1.54, 1.807) is 30.1 Å². The molecule has 4 aromatic carbocycles. The lowest BCUT2D eigenvalue weighted by atomic mass is 10.1. The first-order chi connectivity index (χ1) is 14.9. The second kappa shape index (κ2) is 8.88. The van der Waals surface area contributed by atoms with Crippen molar-refractivity contribution >= 4 is 37.5 Å². The van der Waals surface area contributed by atoms with Crippen molar-refractivity contribution in [2.75, 3.05) is 13.6 Å². The van der Waals surface area contributed by atoms with Crippen LogP contribution in [0.25, 0.3) is 21.5 Å². The zero-order valence-electron chi connectivity index (χ0n) is 17.3. The molecule has 31 heavy (non-hydrogen) atoms. The average molecular weight is 433 g/mol. The number of nitrogens with one attached hydrogen (secondary N) is 1. The highest BCUT2D eigenvalue weighted by Crippen LogP contribution is 2.19. The van der Waals surface area contributed by atoms with Gasteiger partial charge in [-0.15, -0.1) is 0 Å². The summed E-state index contributed by atoms with van der Waals surface area (Å²) in [5, 5.41) is 4.12. The van der Waals surface area contributed by atoms with E-state index in [2.05, 4.69) is 16.9 Å². The molecule has 0 aliphatic heterocycles. The minimum Gasteiger partial charge on any atom is -0.341 e. The normalized spacial score (nSPS) is 11.6. The first kappa shape index (κ1) is 21.0. The lowest BCUT2D eigenvalue weighted by molar-refractivity contribution is -0.130. The van der Waals surface area contributed by atoms with Crippen molar-refractivity contribution in [3.05, 3.63) is 90.5 Å². The Kier molecular flexibility index (Phi) is 6.02. The van der Waals surface area contributed by atoms with E-state index in [0.29, 0.717) is 6.54 Å². The number of fused-ring (bicyclic) bond motifs is 2. The Hall–Kier alpha value is -3.22. The molecular weight excluding hydrogens is 408 g/mol. The van der Waals surface area contributed by atoms with Crippen molar-refractivity contribution in [2.24, 2.45) is 0 Å². The molecule has 0 bridgehead atoms. The predicted molar refractivity (Wildman–Crippen MR) is 124 cm³/mol. The quantitative estimate of drug-likeness (QED) is 0.473. The van der Waals surface area contributed by atoms with Crippen molar-refractivity contribution in [1.29, 1.82) is 0 Å². The van der Waals surface area contributed by atoms with Gasteiger partial charge in [0.05, 0.1) is 4.90 Å². The summed E-state index contributed by atoms with van der Waals surface area (Å²) in [7, 11) is -1.95. The van der Waals surface area contributed by atoms with Gasteiger partial charge in [0, 0.05) is 26.6 Å². The molecule has 6 heteroatoms. The van der Waals surface area contributed by atoms with E-state index < -0.39 is 10.0 Å². The van der Waals surface area contributed by atoms with Crippen LogP contribution in [0.3, 0.4) is 0 Å². The summed E-state index contributed by atoms with van der Waals surface area (Å²) in [5.74, 6) is -0.116. The van der Waals surface area contributed by atoms with E-state index >= 15 is 0 Å². The molecule has 158 valence electrons. The largest absolute Gasteiger partial charge is 0.341 e. The predicted octanol–water partition coefficient (Wildman–Crippen LogP) is 4.32. The van der Waals surface area contributed by atoms with Gasteiger partial charge in [0.1, 0.15) is 0 Å². The van der Waals surface area contributed by atoms with E-state index in [9.17, 15) is 13.2 Å². The molecule has 0 spiro atoms. The highest BCUT2D eigenvalue weighted by molar-refractivity contribution is 7.89. The van der Waals surface area contributed by atoms with Crippen LogP contribution in [0.2, 0.25) is 0 Å². The van der Waals surface area contributed by atoms with E-state index in [0.717, 1.165) is 27.1 Å². The second-order valence-corrected chi connectivity index (χ2v) is 9.35. The molecule has 0 saturated heterocycles. The minimum absolute atomic E-state index is 0.0516. The summed E-state index contributed by atoms with van der Waals surface area (Å²) in [6.07, 6.45) is 0.0941. The number of hydrogen-bond donors (Lipinski definition) is 1. The fraction of sp³-hybridized carbons (Fsp3) is 0.160. The van der Waals surface area contributed by atoms with E-state index in [1.807, 2.05) is 54.6 Å². The van der Waals surface area contributed by atoms with Crippen molar-refractivity contribution in [1.82, 2.24) is 9.62 Å². The van der Waals surface area contributed by atoms with Crippen LogP contribution in [-0.4, -0.2) is 32.8 Å². The Bertz CT molecular complexity index is 1350. The Morgan fingerprint density at radius 1 is 0.806 bits per heavy atom. The van der Waals surface area contributed by atoms with Gasteiger partial charge >= 0.3 is 0 Å². The van der Waals surface area contributed by atoms with E-state index in [-0.39, 0.29) is 23.8 Å². The molecule has 0 fully saturated rings. The molecular formula is C25H24N2O3S.